The van der Waals surface area contributed by atoms with E-state index in [1.807, 2.05) is 7.05 Å². The molecule has 0 bridgehead atoms. The van der Waals surface area contributed by atoms with Crippen molar-refractivity contribution in [2.24, 2.45) is 5.92 Å². The highest BCUT2D eigenvalue weighted by Crippen LogP contribution is 2.31. The van der Waals surface area contributed by atoms with Crippen molar-refractivity contribution in [3.05, 3.63) is 23.8 Å². The van der Waals surface area contributed by atoms with Crippen LogP contribution in [0.3, 0.4) is 0 Å². The monoisotopic (exact) mass is 264 g/mol. The molecule has 1 amide bonds. The number of hydrogen-bond donors (Lipinski definition) is 2. The summed E-state index contributed by atoms with van der Waals surface area (Å²) in [5, 5.41) is 13.1. The fourth-order valence-corrected chi connectivity index (χ4v) is 2.50. The van der Waals surface area contributed by atoms with Crippen LogP contribution < -0.4 is 10.1 Å². The number of benzene rings is 1. The van der Waals surface area contributed by atoms with E-state index in [-0.39, 0.29) is 11.7 Å². The number of rotatable bonds is 4. The van der Waals surface area contributed by atoms with Gasteiger partial charge in [-0.2, -0.15) is 0 Å². The third kappa shape index (κ3) is 2.81. The Kier molecular flexibility index (Phi) is 4.27. The van der Waals surface area contributed by atoms with Crippen LogP contribution in [0.1, 0.15) is 16.8 Å². The minimum absolute atomic E-state index is 0.0768. The summed E-state index contributed by atoms with van der Waals surface area (Å²) in [4.78, 5) is 14.2. The number of methoxy groups -OCH3 is 1. The van der Waals surface area contributed by atoms with Gasteiger partial charge in [-0.05, 0) is 38.1 Å². The molecule has 0 radical (unpaired) electrons. The van der Waals surface area contributed by atoms with E-state index in [0.29, 0.717) is 17.2 Å². The van der Waals surface area contributed by atoms with Gasteiger partial charge in [0, 0.05) is 13.1 Å². The van der Waals surface area contributed by atoms with Crippen LogP contribution in [0.25, 0.3) is 0 Å². The minimum atomic E-state index is -0.130. The van der Waals surface area contributed by atoms with Gasteiger partial charge in [-0.25, -0.2) is 0 Å². The molecule has 0 aromatic heterocycles. The second-order valence-electron chi connectivity index (χ2n) is 4.82. The largest absolute Gasteiger partial charge is 0.504 e. The molecular weight excluding hydrogens is 244 g/mol. The molecule has 5 heteroatoms. The maximum absolute atomic E-state index is 12.4. The number of phenols is 1. The Balaban J connectivity index is 2.12. The van der Waals surface area contributed by atoms with Crippen LogP contribution in [0.4, 0.5) is 0 Å². The van der Waals surface area contributed by atoms with E-state index in [0.717, 1.165) is 26.1 Å². The van der Waals surface area contributed by atoms with E-state index < -0.39 is 0 Å². The van der Waals surface area contributed by atoms with E-state index in [4.69, 9.17) is 4.74 Å². The van der Waals surface area contributed by atoms with E-state index in [2.05, 4.69) is 5.32 Å². The van der Waals surface area contributed by atoms with Gasteiger partial charge in [-0.3, -0.25) is 4.79 Å². The molecule has 1 aliphatic rings. The molecule has 1 saturated heterocycles. The number of nitrogens with one attached hydrogen (secondary N) is 1. The summed E-state index contributed by atoms with van der Waals surface area (Å²) in [7, 11) is 3.39. The first kappa shape index (κ1) is 13.7. The maximum Gasteiger partial charge on any atom is 0.257 e. The maximum atomic E-state index is 12.4. The fraction of sp³-hybridized carbons (Fsp3) is 0.500. The van der Waals surface area contributed by atoms with Gasteiger partial charge in [-0.1, -0.05) is 6.07 Å². The Hall–Kier alpha value is -1.75. The summed E-state index contributed by atoms with van der Waals surface area (Å²) < 4.78 is 5.03. The lowest BCUT2D eigenvalue weighted by atomic mass is 10.1. The lowest BCUT2D eigenvalue weighted by Gasteiger charge is -2.18. The first-order chi connectivity index (χ1) is 9.17. The lowest BCUT2D eigenvalue weighted by molar-refractivity contribution is 0.0783. The molecule has 1 aromatic rings. The number of phenolic OH excluding ortho intramolecular Hbond substituents is 1. The van der Waals surface area contributed by atoms with Crippen LogP contribution in [0.2, 0.25) is 0 Å². The van der Waals surface area contributed by atoms with Crippen molar-refractivity contribution in [1.29, 1.82) is 0 Å². The number of carbonyl (C=O) groups is 1. The van der Waals surface area contributed by atoms with Crippen LogP contribution in [0.15, 0.2) is 18.2 Å². The Labute approximate surface area is 113 Å². The predicted molar refractivity (Wildman–Crippen MR) is 72.6 cm³/mol. The van der Waals surface area contributed by atoms with Gasteiger partial charge in [0.05, 0.1) is 12.7 Å². The van der Waals surface area contributed by atoms with Gasteiger partial charge in [0.1, 0.15) is 0 Å². The molecule has 1 atom stereocenters. The van der Waals surface area contributed by atoms with Gasteiger partial charge < -0.3 is 20.1 Å². The van der Waals surface area contributed by atoms with E-state index in [1.165, 1.54) is 7.11 Å². The molecule has 0 spiro atoms. The van der Waals surface area contributed by atoms with Crippen molar-refractivity contribution in [2.75, 3.05) is 33.8 Å². The third-order valence-electron chi connectivity index (χ3n) is 3.52. The van der Waals surface area contributed by atoms with E-state index in [9.17, 15) is 9.90 Å². The second-order valence-corrected chi connectivity index (χ2v) is 4.82. The third-order valence-corrected chi connectivity index (χ3v) is 3.52. The van der Waals surface area contributed by atoms with Crippen LogP contribution >= 0.6 is 0 Å². The highest BCUT2D eigenvalue weighted by Gasteiger charge is 2.28. The summed E-state index contributed by atoms with van der Waals surface area (Å²) in [6, 6.07) is 4.98. The number of ether oxygens (including phenoxy) is 1. The highest BCUT2D eigenvalue weighted by atomic mass is 16.5. The Morgan fingerprint density at radius 1 is 1.58 bits per heavy atom. The first-order valence-corrected chi connectivity index (χ1v) is 6.47. The average Bonchev–Trinajstić information content (AvgIpc) is 2.87. The Morgan fingerprint density at radius 2 is 2.37 bits per heavy atom. The summed E-state index contributed by atoms with van der Waals surface area (Å²) >= 11 is 0. The molecule has 0 saturated carbocycles. The SMILES string of the molecule is CNCC1CCN(C(=O)c2cccc(OC)c2O)C1. The second kappa shape index (κ2) is 5.93. The van der Waals surface area contributed by atoms with Gasteiger partial charge in [0.25, 0.3) is 5.91 Å². The molecule has 0 aliphatic carbocycles. The normalized spacial score (nSPS) is 18.6. The zero-order valence-corrected chi connectivity index (χ0v) is 11.3. The van der Waals surface area contributed by atoms with Crippen LogP contribution in [0, 0.1) is 5.92 Å². The van der Waals surface area contributed by atoms with Crippen LogP contribution in [-0.4, -0.2) is 49.7 Å². The smallest absolute Gasteiger partial charge is 0.257 e. The number of para-hydroxylation sites is 1. The van der Waals surface area contributed by atoms with Gasteiger partial charge in [0.2, 0.25) is 0 Å². The number of amides is 1. The van der Waals surface area contributed by atoms with Gasteiger partial charge >= 0.3 is 0 Å². The van der Waals surface area contributed by atoms with Crippen molar-refractivity contribution < 1.29 is 14.6 Å². The predicted octanol–water partition coefficient (Wildman–Crippen LogP) is 1.08. The Morgan fingerprint density at radius 3 is 3.05 bits per heavy atom. The average molecular weight is 264 g/mol. The van der Waals surface area contributed by atoms with Crippen LogP contribution in [0.5, 0.6) is 11.5 Å². The quantitative estimate of drug-likeness (QED) is 0.854. The molecule has 5 nitrogen and oxygen atoms in total. The summed E-state index contributed by atoms with van der Waals surface area (Å²) in [5.74, 6) is 0.612. The molecule has 2 N–H and O–H groups in total. The van der Waals surface area contributed by atoms with Crippen molar-refractivity contribution in [2.45, 2.75) is 6.42 Å². The highest BCUT2D eigenvalue weighted by molar-refractivity contribution is 5.97. The topological polar surface area (TPSA) is 61.8 Å². The molecule has 1 unspecified atom stereocenters. The molecule has 1 heterocycles. The van der Waals surface area contributed by atoms with Crippen molar-refractivity contribution in [1.82, 2.24) is 10.2 Å². The number of likely N-dealkylation sites (tertiary alicyclic amines) is 1. The van der Waals surface area contributed by atoms with E-state index >= 15 is 0 Å². The van der Waals surface area contributed by atoms with Gasteiger partial charge in [0.15, 0.2) is 11.5 Å². The lowest BCUT2D eigenvalue weighted by Crippen LogP contribution is -2.30. The molecular formula is C14H20N2O3. The summed E-state index contributed by atoms with van der Waals surface area (Å²) in [6.45, 7) is 2.38. The van der Waals surface area contributed by atoms with Crippen molar-refractivity contribution in [3.63, 3.8) is 0 Å². The van der Waals surface area contributed by atoms with Crippen molar-refractivity contribution >= 4 is 5.91 Å². The molecule has 1 aliphatic heterocycles. The van der Waals surface area contributed by atoms with Crippen LogP contribution in [-0.2, 0) is 0 Å². The van der Waals surface area contributed by atoms with Crippen molar-refractivity contribution in [3.8, 4) is 11.5 Å². The fourth-order valence-electron chi connectivity index (χ4n) is 2.50. The number of hydrogen-bond acceptors (Lipinski definition) is 4. The Bertz CT molecular complexity index is 462. The number of nitrogens with zero attached hydrogens (tertiary/aromatic N) is 1. The zero-order valence-electron chi connectivity index (χ0n) is 11.3. The van der Waals surface area contributed by atoms with Gasteiger partial charge in [-0.15, -0.1) is 0 Å². The summed E-state index contributed by atoms with van der Waals surface area (Å²) in [5.41, 5.74) is 0.310. The first-order valence-electron chi connectivity index (χ1n) is 6.47. The molecule has 104 valence electrons. The number of aromatic hydroxyl groups is 1. The zero-order chi connectivity index (χ0) is 13.8. The molecule has 1 aromatic carbocycles. The molecule has 1 fully saturated rings. The van der Waals surface area contributed by atoms with E-state index in [1.54, 1.807) is 23.1 Å². The minimum Gasteiger partial charge on any atom is -0.504 e. The molecule has 19 heavy (non-hydrogen) atoms. The standard InChI is InChI=1S/C14H20N2O3/c1-15-8-10-6-7-16(9-10)14(18)11-4-3-5-12(19-2)13(11)17/h3-5,10,15,17H,6-9H2,1-2H3. The summed E-state index contributed by atoms with van der Waals surface area (Å²) in [6.07, 6.45) is 0.997. The number of carbonyl (C=O) groups excluding carboxylic acids is 1. The molecule has 2 rings (SSSR count).